The first-order valence-corrected chi connectivity index (χ1v) is 8.78. The van der Waals surface area contributed by atoms with Crippen molar-refractivity contribution >= 4 is 40.3 Å². The van der Waals surface area contributed by atoms with Gasteiger partial charge in [-0.25, -0.2) is 0 Å². The van der Waals surface area contributed by atoms with Crippen LogP contribution >= 0.6 is 24.0 Å². The molecular formula is C19H17NOS2. The van der Waals surface area contributed by atoms with Crippen LogP contribution in [0, 0.1) is 0 Å². The average molecular weight is 339 g/mol. The van der Waals surface area contributed by atoms with Gasteiger partial charge in [0.25, 0.3) is 5.91 Å². The highest BCUT2D eigenvalue weighted by molar-refractivity contribution is 8.26. The van der Waals surface area contributed by atoms with Gasteiger partial charge in [-0.1, -0.05) is 85.5 Å². The number of aryl methyl sites for hydroxylation is 1. The average Bonchev–Trinajstić information content (AvgIpc) is 2.84. The predicted molar refractivity (Wildman–Crippen MR) is 101 cm³/mol. The molecule has 1 fully saturated rings. The van der Waals surface area contributed by atoms with Crippen molar-refractivity contribution in [1.29, 1.82) is 0 Å². The van der Waals surface area contributed by atoms with Crippen LogP contribution in [0.5, 0.6) is 0 Å². The normalized spacial score (nSPS) is 16.4. The molecule has 0 bridgehead atoms. The minimum absolute atomic E-state index is 0.0107. The minimum atomic E-state index is -0.0107. The third-order valence-corrected chi connectivity index (χ3v) is 5.12. The van der Waals surface area contributed by atoms with Crippen LogP contribution in [0.1, 0.15) is 23.6 Å². The Labute approximate surface area is 146 Å². The van der Waals surface area contributed by atoms with E-state index in [2.05, 4.69) is 19.1 Å². The van der Waals surface area contributed by atoms with E-state index in [1.54, 1.807) is 4.90 Å². The van der Waals surface area contributed by atoms with Gasteiger partial charge in [-0.05, 0) is 29.2 Å². The van der Waals surface area contributed by atoms with Gasteiger partial charge in [-0.3, -0.25) is 9.69 Å². The summed E-state index contributed by atoms with van der Waals surface area (Å²) < 4.78 is 0.621. The van der Waals surface area contributed by atoms with Gasteiger partial charge in [-0.2, -0.15) is 0 Å². The molecule has 0 N–H and O–H groups in total. The quantitative estimate of drug-likeness (QED) is 0.597. The third kappa shape index (κ3) is 3.71. The molecule has 0 saturated carbocycles. The van der Waals surface area contributed by atoms with Crippen molar-refractivity contribution in [3.05, 3.63) is 76.2 Å². The van der Waals surface area contributed by atoms with Crippen molar-refractivity contribution in [1.82, 2.24) is 4.90 Å². The molecule has 116 valence electrons. The van der Waals surface area contributed by atoms with Gasteiger partial charge in [0.15, 0.2) is 0 Å². The third-order valence-electron chi connectivity index (χ3n) is 3.74. The lowest BCUT2D eigenvalue weighted by molar-refractivity contribution is -0.122. The van der Waals surface area contributed by atoms with Crippen molar-refractivity contribution in [2.24, 2.45) is 0 Å². The summed E-state index contributed by atoms with van der Waals surface area (Å²) >= 11 is 6.75. The topological polar surface area (TPSA) is 20.3 Å². The Morgan fingerprint density at radius 1 is 1.04 bits per heavy atom. The number of hydrogen-bond donors (Lipinski definition) is 0. The van der Waals surface area contributed by atoms with Crippen LogP contribution < -0.4 is 0 Å². The molecule has 1 aliphatic heterocycles. The summed E-state index contributed by atoms with van der Waals surface area (Å²) in [5.41, 5.74) is 3.40. The van der Waals surface area contributed by atoms with Crippen molar-refractivity contribution in [2.45, 2.75) is 19.9 Å². The van der Waals surface area contributed by atoms with E-state index in [1.807, 2.05) is 48.5 Å². The fourth-order valence-corrected chi connectivity index (χ4v) is 3.66. The molecule has 4 heteroatoms. The van der Waals surface area contributed by atoms with Crippen LogP contribution in [-0.4, -0.2) is 15.1 Å². The molecule has 0 atom stereocenters. The van der Waals surface area contributed by atoms with E-state index in [1.165, 1.54) is 17.3 Å². The van der Waals surface area contributed by atoms with Gasteiger partial charge in [-0.15, -0.1) is 0 Å². The Hall–Kier alpha value is -1.91. The second-order valence-corrected chi connectivity index (χ2v) is 7.02. The smallest absolute Gasteiger partial charge is 0.266 e. The van der Waals surface area contributed by atoms with Gasteiger partial charge in [0, 0.05) is 0 Å². The molecule has 2 nitrogen and oxygen atoms in total. The zero-order valence-corrected chi connectivity index (χ0v) is 14.5. The first-order chi connectivity index (χ1) is 11.2. The summed E-state index contributed by atoms with van der Waals surface area (Å²) in [7, 11) is 0. The number of carbonyl (C=O) groups excluding carboxylic acids is 1. The SMILES string of the molecule is CCc1ccc(/C=C2/SC(=S)N(Cc3ccccc3)C2=O)cc1. The van der Waals surface area contributed by atoms with E-state index in [-0.39, 0.29) is 5.91 Å². The van der Waals surface area contributed by atoms with E-state index >= 15 is 0 Å². The van der Waals surface area contributed by atoms with Crippen molar-refractivity contribution in [3.63, 3.8) is 0 Å². The first kappa shape index (κ1) is 16.0. The molecule has 1 amide bonds. The number of rotatable bonds is 4. The molecular weight excluding hydrogens is 322 g/mol. The summed E-state index contributed by atoms with van der Waals surface area (Å²) in [6.07, 6.45) is 2.93. The largest absolute Gasteiger partial charge is 0.288 e. The first-order valence-electron chi connectivity index (χ1n) is 7.55. The summed E-state index contributed by atoms with van der Waals surface area (Å²) in [4.78, 5) is 15.0. The summed E-state index contributed by atoms with van der Waals surface area (Å²) in [6.45, 7) is 2.65. The van der Waals surface area contributed by atoms with Gasteiger partial charge in [0.2, 0.25) is 0 Å². The standard InChI is InChI=1S/C19H17NOS2/c1-2-14-8-10-15(11-9-14)12-17-18(21)20(19(22)23-17)13-16-6-4-3-5-7-16/h3-12H,2,13H2,1H3/b17-12+. The number of nitrogens with zero attached hydrogens (tertiary/aromatic N) is 1. The van der Waals surface area contributed by atoms with Crippen LogP contribution in [0.2, 0.25) is 0 Å². The predicted octanol–water partition coefficient (Wildman–Crippen LogP) is 4.65. The van der Waals surface area contributed by atoms with Gasteiger partial charge < -0.3 is 0 Å². The number of thioether (sulfide) groups is 1. The van der Waals surface area contributed by atoms with Crippen LogP contribution in [0.3, 0.4) is 0 Å². The van der Waals surface area contributed by atoms with Gasteiger partial charge in [0.05, 0.1) is 11.4 Å². The molecule has 1 aliphatic rings. The molecule has 1 saturated heterocycles. The van der Waals surface area contributed by atoms with Crippen molar-refractivity contribution < 1.29 is 4.79 Å². The van der Waals surface area contributed by atoms with Gasteiger partial charge in [0.1, 0.15) is 4.32 Å². The zero-order chi connectivity index (χ0) is 16.2. The van der Waals surface area contributed by atoms with E-state index in [4.69, 9.17) is 12.2 Å². The van der Waals surface area contributed by atoms with Crippen LogP contribution in [0.15, 0.2) is 59.5 Å². The summed E-state index contributed by atoms with van der Waals surface area (Å²) in [5.74, 6) is -0.0107. The fourth-order valence-electron chi connectivity index (χ4n) is 2.40. The highest BCUT2D eigenvalue weighted by atomic mass is 32.2. The lowest BCUT2D eigenvalue weighted by Crippen LogP contribution is -2.27. The van der Waals surface area contributed by atoms with Crippen LogP contribution in [-0.2, 0) is 17.8 Å². The van der Waals surface area contributed by atoms with E-state index in [0.717, 1.165) is 17.5 Å². The van der Waals surface area contributed by atoms with Crippen LogP contribution in [0.25, 0.3) is 6.08 Å². The number of hydrogen-bond acceptors (Lipinski definition) is 3. The number of thiocarbonyl (C=S) groups is 1. The molecule has 1 heterocycles. The monoisotopic (exact) mass is 339 g/mol. The Kier molecular flexibility index (Phi) is 4.94. The molecule has 0 spiro atoms. The molecule has 0 aliphatic carbocycles. The van der Waals surface area contributed by atoms with E-state index < -0.39 is 0 Å². The zero-order valence-electron chi connectivity index (χ0n) is 12.9. The molecule has 0 radical (unpaired) electrons. The molecule has 0 unspecified atom stereocenters. The molecule has 0 aromatic heterocycles. The minimum Gasteiger partial charge on any atom is -0.288 e. The maximum absolute atomic E-state index is 12.6. The van der Waals surface area contributed by atoms with E-state index in [9.17, 15) is 4.79 Å². The molecule has 23 heavy (non-hydrogen) atoms. The Morgan fingerprint density at radius 2 is 1.74 bits per heavy atom. The Morgan fingerprint density at radius 3 is 2.39 bits per heavy atom. The lowest BCUT2D eigenvalue weighted by Gasteiger charge is -2.14. The lowest BCUT2D eigenvalue weighted by atomic mass is 10.1. The van der Waals surface area contributed by atoms with E-state index in [0.29, 0.717) is 15.8 Å². The number of benzene rings is 2. The number of carbonyl (C=O) groups is 1. The Bertz CT molecular complexity index is 751. The summed E-state index contributed by atoms with van der Waals surface area (Å²) in [6, 6.07) is 18.2. The van der Waals surface area contributed by atoms with Gasteiger partial charge >= 0.3 is 0 Å². The second kappa shape index (κ2) is 7.11. The highest BCUT2D eigenvalue weighted by Crippen LogP contribution is 2.33. The second-order valence-electron chi connectivity index (χ2n) is 5.35. The van der Waals surface area contributed by atoms with Crippen molar-refractivity contribution in [2.75, 3.05) is 0 Å². The maximum Gasteiger partial charge on any atom is 0.266 e. The highest BCUT2D eigenvalue weighted by Gasteiger charge is 2.31. The fraction of sp³-hybridized carbons (Fsp3) is 0.158. The Balaban J connectivity index is 1.78. The van der Waals surface area contributed by atoms with Crippen molar-refractivity contribution in [3.8, 4) is 0 Å². The maximum atomic E-state index is 12.6. The molecule has 2 aromatic rings. The summed E-state index contributed by atoms with van der Waals surface area (Å²) in [5, 5.41) is 0. The molecule has 2 aromatic carbocycles. The molecule has 3 rings (SSSR count). The number of amides is 1. The van der Waals surface area contributed by atoms with Crippen LogP contribution in [0.4, 0.5) is 0 Å².